The van der Waals surface area contributed by atoms with Gasteiger partial charge in [0.2, 0.25) is 10.0 Å². The smallest absolute Gasteiger partial charge is 0.329 e. The van der Waals surface area contributed by atoms with Gasteiger partial charge in [0.05, 0.1) is 29.9 Å². The fourth-order valence-electron chi connectivity index (χ4n) is 3.44. The summed E-state index contributed by atoms with van der Waals surface area (Å²) in [7, 11) is -3.86. The van der Waals surface area contributed by atoms with Crippen LogP contribution in [0.15, 0.2) is 106 Å². The zero-order valence-electron chi connectivity index (χ0n) is 20.5. The SMILES string of the molecule is O=C(NCc1ccccn1)C(=O)N/N=C/c1ccc(CN(Cc2ccc(Cl)cc2)S(=O)(=O)c2ccccc2)o1. The molecule has 4 aromatic rings. The zero-order valence-corrected chi connectivity index (χ0v) is 22.1. The van der Waals surface area contributed by atoms with Crippen molar-refractivity contribution in [3.63, 3.8) is 0 Å². The van der Waals surface area contributed by atoms with Gasteiger partial charge in [-0.1, -0.05) is 48.0 Å². The first kappa shape index (κ1) is 27.7. The van der Waals surface area contributed by atoms with Crippen LogP contribution in [0.25, 0.3) is 0 Å². The van der Waals surface area contributed by atoms with Crippen LogP contribution >= 0.6 is 11.6 Å². The Morgan fingerprint density at radius 1 is 0.923 bits per heavy atom. The molecule has 2 heterocycles. The van der Waals surface area contributed by atoms with Crippen molar-refractivity contribution in [2.45, 2.75) is 24.5 Å². The van der Waals surface area contributed by atoms with Crippen molar-refractivity contribution >= 4 is 39.7 Å². The van der Waals surface area contributed by atoms with Crippen LogP contribution in [0.2, 0.25) is 5.02 Å². The molecule has 0 saturated carbocycles. The van der Waals surface area contributed by atoms with Gasteiger partial charge in [-0.3, -0.25) is 14.6 Å². The maximum atomic E-state index is 13.4. The predicted octanol–water partition coefficient (Wildman–Crippen LogP) is 3.49. The second-order valence-electron chi connectivity index (χ2n) is 8.22. The Kier molecular flexibility index (Phi) is 9.21. The van der Waals surface area contributed by atoms with Crippen molar-refractivity contribution in [1.29, 1.82) is 0 Å². The summed E-state index contributed by atoms with van der Waals surface area (Å²) in [5.41, 5.74) is 3.47. The molecule has 2 aromatic heterocycles. The number of furan rings is 1. The maximum absolute atomic E-state index is 13.4. The molecule has 2 N–H and O–H groups in total. The highest BCUT2D eigenvalue weighted by Gasteiger charge is 2.26. The van der Waals surface area contributed by atoms with Crippen molar-refractivity contribution in [3.05, 3.63) is 119 Å². The van der Waals surface area contributed by atoms with Crippen LogP contribution in [0.1, 0.15) is 22.8 Å². The molecule has 0 saturated heterocycles. The summed E-state index contributed by atoms with van der Waals surface area (Å²) in [6.07, 6.45) is 2.79. The minimum absolute atomic E-state index is 0.0595. The summed E-state index contributed by atoms with van der Waals surface area (Å²) in [6, 6.07) is 23.4. The summed E-state index contributed by atoms with van der Waals surface area (Å²) >= 11 is 5.98. The van der Waals surface area contributed by atoms with Crippen molar-refractivity contribution < 1.29 is 22.4 Å². The van der Waals surface area contributed by atoms with E-state index in [2.05, 4.69) is 20.8 Å². The first-order valence-corrected chi connectivity index (χ1v) is 13.5. The Labute approximate surface area is 230 Å². The highest BCUT2D eigenvalue weighted by molar-refractivity contribution is 7.89. The standard InChI is InChI=1S/C27H24ClN5O5S/c28-21-11-9-20(10-12-21)18-33(39(36,37)25-7-2-1-3-8-25)19-24-14-13-23(38-24)17-31-32-27(35)26(34)30-16-22-6-4-5-15-29-22/h1-15,17H,16,18-19H2,(H,30,34)(H,32,35)/b31-17+. The van der Waals surface area contributed by atoms with Crippen molar-refractivity contribution in [3.8, 4) is 0 Å². The third-order valence-electron chi connectivity index (χ3n) is 5.39. The number of aromatic nitrogens is 1. The van der Waals surface area contributed by atoms with Crippen molar-refractivity contribution in [2.24, 2.45) is 5.10 Å². The number of pyridine rings is 1. The highest BCUT2D eigenvalue weighted by atomic mass is 35.5. The van der Waals surface area contributed by atoms with Crippen LogP contribution in [-0.4, -0.2) is 35.7 Å². The quantitative estimate of drug-likeness (QED) is 0.172. The van der Waals surface area contributed by atoms with Gasteiger partial charge in [-0.15, -0.1) is 0 Å². The van der Waals surface area contributed by atoms with Crippen LogP contribution in [-0.2, 0) is 39.2 Å². The number of halogens is 1. The molecule has 200 valence electrons. The average Bonchev–Trinajstić information content (AvgIpc) is 3.40. The van der Waals surface area contributed by atoms with Gasteiger partial charge in [0.15, 0.2) is 0 Å². The first-order valence-electron chi connectivity index (χ1n) is 11.7. The molecule has 0 aliphatic heterocycles. The van der Waals surface area contributed by atoms with Crippen molar-refractivity contribution in [2.75, 3.05) is 0 Å². The zero-order chi connectivity index (χ0) is 27.7. The molecule has 0 spiro atoms. The Hall–Kier alpha value is -4.32. The lowest BCUT2D eigenvalue weighted by molar-refractivity contribution is -0.139. The van der Waals surface area contributed by atoms with E-state index < -0.39 is 21.8 Å². The maximum Gasteiger partial charge on any atom is 0.329 e. The predicted molar refractivity (Wildman–Crippen MR) is 145 cm³/mol. The molecule has 12 heteroatoms. The van der Waals surface area contributed by atoms with E-state index in [0.717, 1.165) is 5.56 Å². The topological polar surface area (TPSA) is 134 Å². The lowest BCUT2D eigenvalue weighted by Gasteiger charge is -2.21. The van der Waals surface area contributed by atoms with E-state index in [-0.39, 0.29) is 30.3 Å². The fourth-order valence-corrected chi connectivity index (χ4v) is 4.98. The number of hydrazone groups is 1. The second-order valence-corrected chi connectivity index (χ2v) is 10.6. The Morgan fingerprint density at radius 2 is 1.67 bits per heavy atom. The molecular weight excluding hydrogens is 542 g/mol. The Balaban J connectivity index is 1.40. The third-order valence-corrected chi connectivity index (χ3v) is 7.45. The van der Waals surface area contributed by atoms with Gasteiger partial charge < -0.3 is 9.73 Å². The molecule has 2 aromatic carbocycles. The molecule has 0 bridgehead atoms. The number of benzene rings is 2. The van der Waals surface area contributed by atoms with Crippen LogP contribution in [0.3, 0.4) is 0 Å². The average molecular weight is 566 g/mol. The fraction of sp³-hybridized carbons (Fsp3) is 0.111. The Morgan fingerprint density at radius 3 is 2.38 bits per heavy atom. The van der Waals surface area contributed by atoms with Gasteiger partial charge in [-0.05, 0) is 54.1 Å². The summed E-state index contributed by atoms with van der Waals surface area (Å²) in [5.74, 6) is -1.23. The molecule has 10 nitrogen and oxygen atoms in total. The number of nitrogens with zero attached hydrogens (tertiary/aromatic N) is 3. The number of carbonyl (C=O) groups excluding carboxylic acids is 2. The van der Waals surface area contributed by atoms with E-state index in [0.29, 0.717) is 16.5 Å². The minimum Gasteiger partial charge on any atom is -0.459 e. The number of hydrogen-bond donors (Lipinski definition) is 2. The third kappa shape index (κ3) is 7.84. The number of sulfonamides is 1. The molecule has 0 aliphatic carbocycles. The minimum atomic E-state index is -3.86. The van der Waals surface area contributed by atoms with Crippen LogP contribution < -0.4 is 10.7 Å². The second kappa shape index (κ2) is 13.0. The molecule has 0 atom stereocenters. The van der Waals surface area contributed by atoms with E-state index in [9.17, 15) is 18.0 Å². The van der Waals surface area contributed by atoms with Gasteiger partial charge >= 0.3 is 11.8 Å². The van der Waals surface area contributed by atoms with Crippen molar-refractivity contribution in [1.82, 2.24) is 20.0 Å². The summed E-state index contributed by atoms with van der Waals surface area (Å²) in [6.45, 7) is 0.120. The van der Waals surface area contributed by atoms with E-state index in [4.69, 9.17) is 16.0 Å². The largest absolute Gasteiger partial charge is 0.459 e. The molecule has 39 heavy (non-hydrogen) atoms. The van der Waals surface area contributed by atoms with E-state index >= 15 is 0 Å². The monoisotopic (exact) mass is 565 g/mol. The van der Waals surface area contributed by atoms with E-state index in [1.807, 2.05) is 0 Å². The number of rotatable bonds is 10. The molecule has 0 aliphatic rings. The summed E-state index contributed by atoms with van der Waals surface area (Å²) < 4.78 is 33.8. The number of nitrogens with one attached hydrogen (secondary N) is 2. The number of carbonyl (C=O) groups is 2. The van der Waals surface area contributed by atoms with Gasteiger partial charge in [0, 0.05) is 17.8 Å². The van der Waals surface area contributed by atoms with Gasteiger partial charge in [0.1, 0.15) is 11.5 Å². The van der Waals surface area contributed by atoms with E-state index in [1.54, 1.807) is 79.0 Å². The molecular formula is C27H24ClN5O5S. The van der Waals surface area contributed by atoms with Gasteiger partial charge in [-0.25, -0.2) is 13.8 Å². The molecule has 0 unspecified atom stereocenters. The first-order chi connectivity index (χ1) is 18.8. The summed E-state index contributed by atoms with van der Waals surface area (Å²) in [4.78, 5) is 28.1. The number of hydrogen-bond acceptors (Lipinski definition) is 7. The lowest BCUT2D eigenvalue weighted by atomic mass is 10.2. The summed E-state index contributed by atoms with van der Waals surface area (Å²) in [5, 5.41) is 6.73. The van der Waals surface area contributed by atoms with Gasteiger partial charge in [-0.2, -0.15) is 9.41 Å². The molecule has 4 rings (SSSR count). The normalized spacial score (nSPS) is 11.5. The van der Waals surface area contributed by atoms with E-state index in [1.165, 1.54) is 22.7 Å². The van der Waals surface area contributed by atoms with Crippen LogP contribution in [0.4, 0.5) is 0 Å². The number of amides is 2. The van der Waals surface area contributed by atoms with Crippen LogP contribution in [0.5, 0.6) is 0 Å². The Bertz CT molecular complexity index is 1540. The van der Waals surface area contributed by atoms with Crippen LogP contribution in [0, 0.1) is 0 Å². The lowest BCUT2D eigenvalue weighted by Crippen LogP contribution is -2.37. The molecule has 0 radical (unpaired) electrons. The van der Waals surface area contributed by atoms with Gasteiger partial charge in [0.25, 0.3) is 0 Å². The molecule has 0 fully saturated rings. The highest BCUT2D eigenvalue weighted by Crippen LogP contribution is 2.22. The molecule has 2 amide bonds.